The second-order valence-electron chi connectivity index (χ2n) is 8.40. The van der Waals surface area contributed by atoms with E-state index in [1.165, 1.54) is 0 Å². The van der Waals surface area contributed by atoms with E-state index in [1.54, 1.807) is 11.9 Å². The third-order valence-corrected chi connectivity index (χ3v) is 5.85. The highest BCUT2D eigenvalue weighted by Gasteiger charge is 2.25. The van der Waals surface area contributed by atoms with E-state index < -0.39 is 6.04 Å². The van der Waals surface area contributed by atoms with Crippen LogP contribution in [-0.2, 0) is 22.4 Å². The third kappa shape index (κ3) is 5.66. The van der Waals surface area contributed by atoms with Gasteiger partial charge in [-0.1, -0.05) is 90.5 Å². The van der Waals surface area contributed by atoms with Crippen LogP contribution in [0.25, 0.3) is 10.8 Å². The van der Waals surface area contributed by atoms with Crippen molar-refractivity contribution in [2.45, 2.75) is 25.8 Å². The normalized spacial score (nSPS) is 11.7. The van der Waals surface area contributed by atoms with Gasteiger partial charge in [0.15, 0.2) is 0 Å². The SMILES string of the molecule is Cc1ccc(N(C)C(=O)C(Cc2ccccc2)NC(=O)Cc2ccc3ccccc3c2)cc1. The maximum absolute atomic E-state index is 13.4. The molecule has 0 radical (unpaired) electrons. The van der Waals surface area contributed by atoms with Crippen molar-refractivity contribution in [3.8, 4) is 0 Å². The van der Waals surface area contributed by atoms with Gasteiger partial charge < -0.3 is 10.2 Å². The zero-order chi connectivity index (χ0) is 23.2. The highest BCUT2D eigenvalue weighted by atomic mass is 16.2. The second-order valence-corrected chi connectivity index (χ2v) is 8.40. The van der Waals surface area contributed by atoms with Gasteiger partial charge in [-0.15, -0.1) is 0 Å². The summed E-state index contributed by atoms with van der Waals surface area (Å²) in [5.74, 6) is -0.313. The van der Waals surface area contributed by atoms with Crippen molar-refractivity contribution in [2.75, 3.05) is 11.9 Å². The molecule has 0 fully saturated rings. The van der Waals surface area contributed by atoms with Gasteiger partial charge in [0.05, 0.1) is 6.42 Å². The number of likely N-dealkylation sites (N-methyl/N-ethyl adjacent to an activating group) is 1. The molecule has 2 amide bonds. The van der Waals surface area contributed by atoms with E-state index in [0.717, 1.165) is 33.2 Å². The van der Waals surface area contributed by atoms with E-state index in [0.29, 0.717) is 6.42 Å². The van der Waals surface area contributed by atoms with Gasteiger partial charge in [0.25, 0.3) is 0 Å². The van der Waals surface area contributed by atoms with Crippen molar-refractivity contribution in [1.29, 1.82) is 0 Å². The fourth-order valence-electron chi connectivity index (χ4n) is 3.96. The van der Waals surface area contributed by atoms with Crippen LogP contribution in [0.2, 0.25) is 0 Å². The number of benzene rings is 4. The summed E-state index contributed by atoms with van der Waals surface area (Å²) in [6, 6.07) is 31.0. The number of nitrogens with one attached hydrogen (secondary N) is 1. The van der Waals surface area contributed by atoms with Crippen molar-refractivity contribution >= 4 is 28.3 Å². The lowest BCUT2D eigenvalue weighted by Gasteiger charge is -2.25. The summed E-state index contributed by atoms with van der Waals surface area (Å²) < 4.78 is 0. The summed E-state index contributed by atoms with van der Waals surface area (Å²) >= 11 is 0. The van der Waals surface area contributed by atoms with Crippen LogP contribution in [0.3, 0.4) is 0 Å². The zero-order valence-electron chi connectivity index (χ0n) is 19.0. The Kier molecular flexibility index (Phi) is 6.84. The molecule has 0 bridgehead atoms. The topological polar surface area (TPSA) is 49.4 Å². The molecular weight excluding hydrogens is 408 g/mol. The smallest absolute Gasteiger partial charge is 0.249 e. The molecule has 0 heterocycles. The molecule has 4 aromatic carbocycles. The predicted molar refractivity (Wildman–Crippen MR) is 134 cm³/mol. The molecular formula is C29H28N2O2. The minimum atomic E-state index is -0.661. The number of rotatable bonds is 7. The zero-order valence-corrected chi connectivity index (χ0v) is 19.0. The number of anilines is 1. The number of amides is 2. The van der Waals surface area contributed by atoms with Crippen molar-refractivity contribution < 1.29 is 9.59 Å². The third-order valence-electron chi connectivity index (χ3n) is 5.85. The minimum Gasteiger partial charge on any atom is -0.344 e. The van der Waals surface area contributed by atoms with E-state index in [2.05, 4.69) is 11.4 Å². The van der Waals surface area contributed by atoms with Crippen LogP contribution in [-0.4, -0.2) is 24.9 Å². The molecule has 166 valence electrons. The summed E-state index contributed by atoms with van der Waals surface area (Å²) in [5.41, 5.74) is 3.85. The maximum atomic E-state index is 13.4. The molecule has 0 aromatic heterocycles. The summed E-state index contributed by atoms with van der Waals surface area (Å²) in [6.07, 6.45) is 0.650. The number of carbonyl (C=O) groups excluding carboxylic acids is 2. The summed E-state index contributed by atoms with van der Waals surface area (Å²) in [4.78, 5) is 28.0. The molecule has 0 aliphatic rings. The summed E-state index contributed by atoms with van der Waals surface area (Å²) in [5, 5.41) is 5.23. The van der Waals surface area contributed by atoms with Crippen LogP contribution in [0.1, 0.15) is 16.7 Å². The average Bonchev–Trinajstić information content (AvgIpc) is 2.84. The predicted octanol–water partition coefficient (Wildman–Crippen LogP) is 5.08. The molecule has 4 rings (SSSR count). The Morgan fingerprint density at radius 2 is 1.45 bits per heavy atom. The van der Waals surface area contributed by atoms with E-state index in [4.69, 9.17) is 0 Å². The molecule has 0 aliphatic heterocycles. The lowest BCUT2D eigenvalue weighted by atomic mass is 10.0. The van der Waals surface area contributed by atoms with E-state index in [9.17, 15) is 9.59 Å². The number of fused-ring (bicyclic) bond motifs is 1. The van der Waals surface area contributed by atoms with Crippen molar-refractivity contribution in [1.82, 2.24) is 5.32 Å². The number of hydrogen-bond donors (Lipinski definition) is 1. The first-order valence-corrected chi connectivity index (χ1v) is 11.1. The van der Waals surface area contributed by atoms with Gasteiger partial charge in [-0.25, -0.2) is 0 Å². The summed E-state index contributed by atoms with van der Waals surface area (Å²) in [7, 11) is 1.75. The highest BCUT2D eigenvalue weighted by Crippen LogP contribution is 2.18. The Bertz CT molecular complexity index is 1250. The van der Waals surface area contributed by atoms with E-state index in [1.807, 2.05) is 97.9 Å². The minimum absolute atomic E-state index is 0.144. The van der Waals surface area contributed by atoms with Gasteiger partial charge in [0.2, 0.25) is 11.8 Å². The van der Waals surface area contributed by atoms with Crippen LogP contribution < -0.4 is 10.2 Å². The van der Waals surface area contributed by atoms with Gasteiger partial charge >= 0.3 is 0 Å². The van der Waals surface area contributed by atoms with Crippen LogP contribution in [0, 0.1) is 6.92 Å². The first kappa shape index (κ1) is 22.3. The van der Waals surface area contributed by atoms with Crippen LogP contribution in [0.15, 0.2) is 97.1 Å². The molecule has 1 atom stereocenters. The van der Waals surface area contributed by atoms with Crippen LogP contribution in [0.5, 0.6) is 0 Å². The molecule has 1 unspecified atom stereocenters. The molecule has 4 nitrogen and oxygen atoms in total. The molecule has 0 saturated heterocycles. The maximum Gasteiger partial charge on any atom is 0.249 e. The Balaban J connectivity index is 1.52. The Morgan fingerprint density at radius 3 is 2.18 bits per heavy atom. The van der Waals surface area contributed by atoms with Gasteiger partial charge in [0.1, 0.15) is 6.04 Å². The monoisotopic (exact) mass is 436 g/mol. The van der Waals surface area contributed by atoms with Gasteiger partial charge in [-0.3, -0.25) is 9.59 Å². The lowest BCUT2D eigenvalue weighted by molar-refractivity contribution is -0.127. The lowest BCUT2D eigenvalue weighted by Crippen LogP contribution is -2.49. The molecule has 0 spiro atoms. The second kappa shape index (κ2) is 10.1. The number of nitrogens with zero attached hydrogens (tertiary/aromatic N) is 1. The Morgan fingerprint density at radius 1 is 0.788 bits per heavy atom. The van der Waals surface area contributed by atoms with Crippen LogP contribution >= 0.6 is 0 Å². The molecule has 4 heteroatoms. The average molecular weight is 437 g/mol. The fourth-order valence-corrected chi connectivity index (χ4v) is 3.96. The Labute approximate surface area is 194 Å². The molecule has 33 heavy (non-hydrogen) atoms. The standard InChI is InChI=1S/C29H28N2O2/c1-21-12-16-26(17-13-21)31(2)29(33)27(19-22-8-4-3-5-9-22)30-28(32)20-23-14-15-24-10-6-7-11-25(24)18-23/h3-18,27H,19-20H2,1-2H3,(H,30,32). The quantitative estimate of drug-likeness (QED) is 0.439. The number of hydrogen-bond acceptors (Lipinski definition) is 2. The number of aryl methyl sites for hydroxylation is 1. The first-order chi connectivity index (χ1) is 16.0. The van der Waals surface area contributed by atoms with E-state index >= 15 is 0 Å². The fraction of sp³-hybridized carbons (Fsp3) is 0.172. The van der Waals surface area contributed by atoms with Crippen molar-refractivity contribution in [3.63, 3.8) is 0 Å². The Hall–Kier alpha value is -3.92. The first-order valence-electron chi connectivity index (χ1n) is 11.1. The van der Waals surface area contributed by atoms with Crippen molar-refractivity contribution in [2.24, 2.45) is 0 Å². The van der Waals surface area contributed by atoms with Gasteiger partial charge in [0, 0.05) is 19.2 Å². The molecule has 0 saturated carbocycles. The number of carbonyl (C=O) groups is 2. The molecule has 1 N–H and O–H groups in total. The summed E-state index contributed by atoms with van der Waals surface area (Å²) in [6.45, 7) is 2.01. The van der Waals surface area contributed by atoms with E-state index in [-0.39, 0.29) is 18.2 Å². The molecule has 0 aliphatic carbocycles. The largest absolute Gasteiger partial charge is 0.344 e. The van der Waals surface area contributed by atoms with Crippen LogP contribution in [0.4, 0.5) is 5.69 Å². The van der Waals surface area contributed by atoms with Gasteiger partial charge in [-0.2, -0.15) is 0 Å². The highest BCUT2D eigenvalue weighted by molar-refractivity contribution is 5.99. The van der Waals surface area contributed by atoms with Gasteiger partial charge in [-0.05, 0) is 41.0 Å². The van der Waals surface area contributed by atoms with Crippen molar-refractivity contribution in [3.05, 3.63) is 114 Å². The molecule has 4 aromatic rings.